The Labute approximate surface area is 146 Å². The summed E-state index contributed by atoms with van der Waals surface area (Å²) in [6, 6.07) is 1.82. The molecule has 2 rings (SSSR count). The maximum atomic E-state index is 14.0. The highest BCUT2D eigenvalue weighted by Crippen LogP contribution is 2.46. The highest BCUT2D eigenvalue weighted by molar-refractivity contribution is 5.99. The van der Waals surface area contributed by atoms with Gasteiger partial charge in [-0.1, -0.05) is 0 Å². The quantitative estimate of drug-likeness (QED) is 0.584. The topological polar surface area (TPSA) is 44.8 Å². The lowest BCUT2D eigenvalue weighted by Gasteiger charge is -2.37. The lowest BCUT2D eigenvalue weighted by Crippen LogP contribution is -2.48. The third kappa shape index (κ3) is 3.53. The minimum atomic E-state index is -4.75. The van der Waals surface area contributed by atoms with Crippen molar-refractivity contribution in [2.75, 3.05) is 20.3 Å². The zero-order valence-corrected chi connectivity index (χ0v) is 14.3. The van der Waals surface area contributed by atoms with E-state index in [1.165, 1.54) is 6.92 Å². The van der Waals surface area contributed by atoms with Gasteiger partial charge in [0.2, 0.25) is 5.82 Å². The molecule has 1 heterocycles. The van der Waals surface area contributed by atoms with Gasteiger partial charge in [0.1, 0.15) is 0 Å². The van der Waals surface area contributed by atoms with Crippen molar-refractivity contribution in [2.24, 2.45) is 0 Å². The van der Waals surface area contributed by atoms with E-state index >= 15 is 0 Å². The third-order valence-electron chi connectivity index (χ3n) is 4.11. The molecule has 0 fully saturated rings. The molecule has 0 bridgehead atoms. The first kappa shape index (κ1) is 20.2. The molecule has 26 heavy (non-hydrogen) atoms. The first-order valence-corrected chi connectivity index (χ1v) is 7.68. The van der Waals surface area contributed by atoms with E-state index in [4.69, 9.17) is 14.2 Å². The molecule has 0 saturated heterocycles. The Kier molecular flexibility index (Phi) is 5.60. The molecule has 9 heteroatoms. The summed E-state index contributed by atoms with van der Waals surface area (Å²) >= 11 is 0. The van der Waals surface area contributed by atoms with Gasteiger partial charge in [-0.25, -0.2) is 9.18 Å². The van der Waals surface area contributed by atoms with Gasteiger partial charge in [0.05, 0.1) is 25.9 Å². The fourth-order valence-electron chi connectivity index (χ4n) is 2.62. The summed E-state index contributed by atoms with van der Waals surface area (Å²) in [5, 5.41) is 0. The van der Waals surface area contributed by atoms with Gasteiger partial charge >= 0.3 is 12.1 Å². The summed E-state index contributed by atoms with van der Waals surface area (Å²) in [6.45, 7) is 1.65. The molecule has 0 radical (unpaired) electrons. The van der Waals surface area contributed by atoms with Crippen LogP contribution in [0.25, 0.3) is 5.57 Å². The number of esters is 1. The molecule has 1 aliphatic rings. The van der Waals surface area contributed by atoms with Crippen molar-refractivity contribution in [1.29, 1.82) is 0 Å². The summed E-state index contributed by atoms with van der Waals surface area (Å²) in [7, 11) is 1.05. The van der Waals surface area contributed by atoms with Crippen LogP contribution in [0, 0.1) is 11.6 Å². The molecule has 0 spiro atoms. The van der Waals surface area contributed by atoms with Gasteiger partial charge in [-0.05, 0) is 31.6 Å². The largest absolute Gasteiger partial charge is 0.493 e. The van der Waals surface area contributed by atoms with Crippen LogP contribution < -0.4 is 4.74 Å². The zero-order chi connectivity index (χ0) is 19.7. The molecule has 1 aromatic carbocycles. The molecule has 0 amide bonds. The van der Waals surface area contributed by atoms with Gasteiger partial charge in [0.25, 0.3) is 0 Å². The Morgan fingerprint density at radius 1 is 1.31 bits per heavy atom. The van der Waals surface area contributed by atoms with Crippen molar-refractivity contribution in [3.8, 4) is 5.75 Å². The Morgan fingerprint density at radius 2 is 1.96 bits per heavy atom. The van der Waals surface area contributed by atoms with E-state index in [0.29, 0.717) is 0 Å². The lowest BCUT2D eigenvalue weighted by atomic mass is 9.85. The van der Waals surface area contributed by atoms with E-state index < -0.39 is 48.2 Å². The van der Waals surface area contributed by atoms with Crippen molar-refractivity contribution in [3.05, 3.63) is 34.9 Å². The summed E-state index contributed by atoms with van der Waals surface area (Å²) in [6.07, 6.45) is -5.53. The maximum absolute atomic E-state index is 14.0. The standard InChI is InChI=1S/C17H17F5O4/c1-4-25-15(23)11-8-26-16(2,17(20,21)22)7-10(11)9-5-6-12(18)13(19)14(9)24-3/h5-6H,4,7-8H2,1-3H3/t16-/m1/s1. The van der Waals surface area contributed by atoms with E-state index in [2.05, 4.69) is 0 Å². The predicted octanol–water partition coefficient (Wildman–Crippen LogP) is 4.03. The van der Waals surface area contributed by atoms with Crippen LogP contribution >= 0.6 is 0 Å². The summed E-state index contributed by atoms with van der Waals surface area (Å²) in [5.74, 6) is -4.07. The Balaban J connectivity index is 2.68. The number of halogens is 5. The number of hydrogen-bond donors (Lipinski definition) is 0. The molecule has 0 saturated carbocycles. The first-order valence-electron chi connectivity index (χ1n) is 7.68. The number of methoxy groups -OCH3 is 1. The van der Waals surface area contributed by atoms with Gasteiger partial charge in [-0.2, -0.15) is 17.6 Å². The molecule has 4 nitrogen and oxygen atoms in total. The average Bonchev–Trinajstić information content (AvgIpc) is 2.56. The molecule has 0 aliphatic carbocycles. The van der Waals surface area contributed by atoms with E-state index in [-0.39, 0.29) is 23.3 Å². The number of carbonyl (C=O) groups is 1. The van der Waals surface area contributed by atoms with E-state index in [9.17, 15) is 26.7 Å². The summed E-state index contributed by atoms with van der Waals surface area (Å²) in [4.78, 5) is 12.1. The van der Waals surface area contributed by atoms with Crippen molar-refractivity contribution in [3.63, 3.8) is 0 Å². The fraction of sp³-hybridized carbons (Fsp3) is 0.471. The highest BCUT2D eigenvalue weighted by Gasteiger charge is 2.55. The first-order chi connectivity index (χ1) is 12.1. The van der Waals surface area contributed by atoms with E-state index in [1.54, 1.807) is 0 Å². The second-order valence-corrected chi connectivity index (χ2v) is 5.81. The Bertz CT molecular complexity index is 741. The molecule has 0 aromatic heterocycles. The van der Waals surface area contributed by atoms with Crippen molar-refractivity contribution in [1.82, 2.24) is 0 Å². The van der Waals surface area contributed by atoms with Crippen LogP contribution in [0.4, 0.5) is 22.0 Å². The third-order valence-corrected chi connectivity index (χ3v) is 4.11. The Morgan fingerprint density at radius 3 is 2.50 bits per heavy atom. The molecule has 0 N–H and O–H groups in total. The van der Waals surface area contributed by atoms with Crippen molar-refractivity contribution >= 4 is 11.5 Å². The fourth-order valence-corrected chi connectivity index (χ4v) is 2.62. The lowest BCUT2D eigenvalue weighted by molar-refractivity contribution is -0.268. The second-order valence-electron chi connectivity index (χ2n) is 5.81. The van der Waals surface area contributed by atoms with Crippen LogP contribution in [-0.4, -0.2) is 38.1 Å². The maximum Gasteiger partial charge on any atom is 0.417 e. The Hall–Kier alpha value is -2.16. The van der Waals surface area contributed by atoms with Crippen LogP contribution in [0.2, 0.25) is 0 Å². The molecular weight excluding hydrogens is 363 g/mol. The SMILES string of the molecule is CCOC(=O)C1=C(c2ccc(F)c(F)c2OC)C[C@](C)(C(F)(F)F)OC1. The molecule has 1 aliphatic heterocycles. The van der Waals surface area contributed by atoms with Crippen molar-refractivity contribution in [2.45, 2.75) is 32.0 Å². The second kappa shape index (κ2) is 7.22. The van der Waals surface area contributed by atoms with Crippen LogP contribution in [0.3, 0.4) is 0 Å². The average molecular weight is 380 g/mol. The van der Waals surface area contributed by atoms with E-state index in [1.807, 2.05) is 0 Å². The monoisotopic (exact) mass is 380 g/mol. The predicted molar refractivity (Wildman–Crippen MR) is 81.5 cm³/mol. The number of ether oxygens (including phenoxy) is 3. The van der Waals surface area contributed by atoms with Crippen molar-refractivity contribution < 1.29 is 41.0 Å². The molecule has 0 unspecified atom stereocenters. The zero-order valence-electron chi connectivity index (χ0n) is 14.3. The highest BCUT2D eigenvalue weighted by atomic mass is 19.4. The number of alkyl halides is 3. The summed E-state index contributed by atoms with van der Waals surface area (Å²) in [5.41, 5.74) is -3.12. The van der Waals surface area contributed by atoms with Gasteiger partial charge in [0, 0.05) is 12.0 Å². The number of hydrogen-bond acceptors (Lipinski definition) is 4. The number of carbonyl (C=O) groups excluding carboxylic acids is 1. The smallest absolute Gasteiger partial charge is 0.417 e. The van der Waals surface area contributed by atoms with E-state index in [0.717, 1.165) is 26.2 Å². The van der Waals surface area contributed by atoms with Gasteiger partial charge in [-0.15, -0.1) is 0 Å². The van der Waals surface area contributed by atoms with Crippen LogP contribution in [0.1, 0.15) is 25.8 Å². The molecule has 144 valence electrons. The number of rotatable bonds is 4. The van der Waals surface area contributed by atoms with Gasteiger partial charge in [0.15, 0.2) is 17.2 Å². The minimum Gasteiger partial charge on any atom is -0.493 e. The minimum absolute atomic E-state index is 0.0128. The number of benzene rings is 1. The molecule has 1 aromatic rings. The van der Waals surface area contributed by atoms with Crippen LogP contribution in [0.15, 0.2) is 17.7 Å². The summed E-state index contributed by atoms with van der Waals surface area (Å²) < 4.78 is 82.2. The molecular formula is C17H17F5O4. The normalized spacial score (nSPS) is 20.9. The molecule has 1 atom stereocenters. The van der Waals surface area contributed by atoms with Gasteiger partial charge < -0.3 is 14.2 Å². The van der Waals surface area contributed by atoms with Crippen LogP contribution in [0.5, 0.6) is 5.75 Å². The van der Waals surface area contributed by atoms with Gasteiger partial charge in [-0.3, -0.25) is 0 Å². The van der Waals surface area contributed by atoms with Crippen LogP contribution in [-0.2, 0) is 14.3 Å².